The van der Waals surface area contributed by atoms with Gasteiger partial charge in [0.25, 0.3) is 5.91 Å². The third-order valence-corrected chi connectivity index (χ3v) is 6.51. The van der Waals surface area contributed by atoms with Gasteiger partial charge in [-0.15, -0.1) is 16.8 Å². The highest BCUT2D eigenvalue weighted by atomic mass is 32.2. The van der Waals surface area contributed by atoms with Gasteiger partial charge < -0.3 is 4.74 Å². The summed E-state index contributed by atoms with van der Waals surface area (Å²) in [7, 11) is -1.87. The van der Waals surface area contributed by atoms with Gasteiger partial charge in [0, 0.05) is 12.8 Å². The van der Waals surface area contributed by atoms with E-state index in [1.165, 1.54) is 30.1 Å². The number of rotatable bonds is 9. The zero-order chi connectivity index (χ0) is 20.0. The molecular weight excluding hydrogens is 408 g/mol. The molecule has 0 aliphatic rings. The zero-order valence-electron chi connectivity index (χ0n) is 15.1. The summed E-state index contributed by atoms with van der Waals surface area (Å²) in [4.78, 5) is 12.2. The molecule has 0 saturated carbocycles. The van der Waals surface area contributed by atoms with Gasteiger partial charge in [0.2, 0.25) is 15.2 Å². The molecule has 0 bridgehead atoms. The molecule has 0 fully saturated rings. The monoisotopic (exact) mass is 428 g/mol. The van der Waals surface area contributed by atoms with Crippen molar-refractivity contribution >= 4 is 49.8 Å². The lowest BCUT2D eigenvalue weighted by Gasteiger charge is -2.18. The van der Waals surface area contributed by atoms with E-state index in [1.807, 2.05) is 0 Å². The van der Waals surface area contributed by atoms with Crippen molar-refractivity contribution in [2.75, 3.05) is 28.7 Å². The van der Waals surface area contributed by atoms with E-state index in [-0.39, 0.29) is 5.91 Å². The van der Waals surface area contributed by atoms with Crippen molar-refractivity contribution in [3.05, 3.63) is 36.9 Å². The number of hydrogen-bond acceptors (Lipinski definition) is 8. The number of anilines is 2. The zero-order valence-corrected chi connectivity index (χ0v) is 17.5. The first kappa shape index (κ1) is 21.2. The second-order valence-corrected chi connectivity index (χ2v) is 9.70. The number of thioether (sulfide) groups is 1. The molecule has 1 aromatic carbocycles. The molecule has 2 rings (SSSR count). The molecule has 0 aliphatic heterocycles. The van der Waals surface area contributed by atoms with Crippen LogP contribution >= 0.6 is 23.1 Å². The Morgan fingerprint density at radius 2 is 2.07 bits per heavy atom. The van der Waals surface area contributed by atoms with Gasteiger partial charge in [0.1, 0.15) is 5.75 Å². The van der Waals surface area contributed by atoms with Crippen molar-refractivity contribution < 1.29 is 17.9 Å². The van der Waals surface area contributed by atoms with Gasteiger partial charge in [-0.25, -0.2) is 8.42 Å². The molecule has 1 aromatic heterocycles. The largest absolute Gasteiger partial charge is 0.481 e. The number of nitrogens with zero attached hydrogens (tertiary/aromatic N) is 3. The van der Waals surface area contributed by atoms with Crippen LogP contribution in [0.4, 0.5) is 10.8 Å². The van der Waals surface area contributed by atoms with E-state index in [0.717, 1.165) is 14.9 Å². The Hall–Kier alpha value is -2.11. The summed E-state index contributed by atoms with van der Waals surface area (Å²) in [6.07, 6.45) is 2.12. The average molecular weight is 429 g/mol. The van der Waals surface area contributed by atoms with Crippen molar-refractivity contribution in [3.63, 3.8) is 0 Å². The van der Waals surface area contributed by atoms with Crippen LogP contribution in [-0.2, 0) is 14.8 Å². The SMILES string of the molecule is C=CCSc1nnc(NC(=O)[C@@H](C)Oc2ccc(N(C)S(C)(=O)=O)cc2)s1. The number of carbonyl (C=O) groups excluding carboxylic acids is 1. The number of benzene rings is 1. The van der Waals surface area contributed by atoms with Gasteiger partial charge in [-0.1, -0.05) is 29.2 Å². The fourth-order valence-electron chi connectivity index (χ4n) is 1.84. The lowest BCUT2D eigenvalue weighted by Crippen LogP contribution is -2.30. The molecule has 1 N–H and O–H groups in total. The Bertz CT molecular complexity index is 897. The molecule has 1 atom stereocenters. The van der Waals surface area contributed by atoms with Crippen molar-refractivity contribution in [2.45, 2.75) is 17.4 Å². The van der Waals surface area contributed by atoms with Crippen molar-refractivity contribution in [1.29, 1.82) is 0 Å². The summed E-state index contributed by atoms with van der Waals surface area (Å²) >= 11 is 2.76. The Labute approximate surface area is 166 Å². The van der Waals surface area contributed by atoms with Gasteiger partial charge in [0.15, 0.2) is 10.4 Å². The predicted molar refractivity (Wildman–Crippen MR) is 109 cm³/mol. The van der Waals surface area contributed by atoms with E-state index < -0.39 is 16.1 Å². The van der Waals surface area contributed by atoms with Crippen LogP contribution in [0.25, 0.3) is 0 Å². The van der Waals surface area contributed by atoms with Crippen molar-refractivity contribution in [2.24, 2.45) is 0 Å². The van der Waals surface area contributed by atoms with E-state index in [9.17, 15) is 13.2 Å². The number of hydrogen-bond donors (Lipinski definition) is 1. The van der Waals surface area contributed by atoms with Gasteiger partial charge in [-0.05, 0) is 31.2 Å². The maximum absolute atomic E-state index is 12.2. The minimum atomic E-state index is -3.33. The molecule has 11 heteroatoms. The van der Waals surface area contributed by atoms with Crippen LogP contribution in [0.1, 0.15) is 6.92 Å². The minimum absolute atomic E-state index is 0.358. The van der Waals surface area contributed by atoms with E-state index in [2.05, 4.69) is 22.1 Å². The van der Waals surface area contributed by atoms with Crippen LogP contribution in [0, 0.1) is 0 Å². The van der Waals surface area contributed by atoms with Crippen LogP contribution in [-0.4, -0.2) is 49.7 Å². The third kappa shape index (κ3) is 6.22. The molecule has 0 aliphatic carbocycles. The molecule has 27 heavy (non-hydrogen) atoms. The molecule has 146 valence electrons. The highest BCUT2D eigenvalue weighted by Crippen LogP contribution is 2.26. The fraction of sp³-hybridized carbons (Fsp3) is 0.312. The van der Waals surface area contributed by atoms with E-state index >= 15 is 0 Å². The number of amides is 1. The molecular formula is C16H20N4O4S3. The normalized spacial score (nSPS) is 12.3. The number of aromatic nitrogens is 2. The summed E-state index contributed by atoms with van der Waals surface area (Å²) in [5, 5.41) is 10.9. The Morgan fingerprint density at radius 1 is 1.41 bits per heavy atom. The molecule has 0 radical (unpaired) electrons. The number of ether oxygens (including phenoxy) is 1. The molecule has 1 heterocycles. The van der Waals surface area contributed by atoms with Crippen LogP contribution in [0.3, 0.4) is 0 Å². The predicted octanol–water partition coefficient (Wildman–Crippen LogP) is 2.62. The molecule has 1 amide bonds. The number of nitrogens with one attached hydrogen (secondary N) is 1. The average Bonchev–Trinajstić information content (AvgIpc) is 3.06. The lowest BCUT2D eigenvalue weighted by atomic mass is 10.3. The highest BCUT2D eigenvalue weighted by Gasteiger charge is 2.18. The van der Waals surface area contributed by atoms with Crippen LogP contribution < -0.4 is 14.4 Å². The fourth-order valence-corrected chi connectivity index (χ4v) is 3.86. The number of sulfonamides is 1. The van der Waals surface area contributed by atoms with Gasteiger partial charge in [-0.3, -0.25) is 14.4 Å². The standard InChI is InChI=1S/C16H20N4O4S3/c1-5-10-25-16-19-18-15(26-16)17-14(21)11(2)24-13-8-6-12(7-9-13)20(3)27(4,22)23/h5-9,11H,1,10H2,2-4H3,(H,17,18,21)/t11-/m1/s1. The van der Waals surface area contributed by atoms with E-state index in [1.54, 1.807) is 37.3 Å². The maximum Gasteiger partial charge on any atom is 0.266 e. The minimum Gasteiger partial charge on any atom is -0.481 e. The first-order valence-electron chi connectivity index (χ1n) is 7.79. The van der Waals surface area contributed by atoms with Gasteiger partial charge in [-0.2, -0.15) is 0 Å². The van der Waals surface area contributed by atoms with Gasteiger partial charge in [0.05, 0.1) is 11.9 Å². The van der Waals surface area contributed by atoms with Crippen LogP contribution in [0.15, 0.2) is 41.3 Å². The first-order valence-corrected chi connectivity index (χ1v) is 11.4. The summed E-state index contributed by atoms with van der Waals surface area (Å²) in [5.41, 5.74) is 0.500. The summed E-state index contributed by atoms with van der Waals surface area (Å²) in [5.74, 6) is 0.804. The molecule has 0 saturated heterocycles. The molecule has 8 nitrogen and oxygen atoms in total. The topological polar surface area (TPSA) is 101 Å². The first-order chi connectivity index (χ1) is 12.7. The molecule has 0 spiro atoms. The van der Waals surface area contributed by atoms with Crippen LogP contribution in [0.2, 0.25) is 0 Å². The lowest BCUT2D eigenvalue weighted by molar-refractivity contribution is -0.122. The summed E-state index contributed by atoms with van der Waals surface area (Å²) < 4.78 is 30.6. The van der Waals surface area contributed by atoms with Crippen molar-refractivity contribution in [1.82, 2.24) is 10.2 Å². The van der Waals surface area contributed by atoms with Gasteiger partial charge >= 0.3 is 0 Å². The molecule has 2 aromatic rings. The van der Waals surface area contributed by atoms with E-state index in [4.69, 9.17) is 4.74 Å². The number of carbonyl (C=O) groups is 1. The quantitative estimate of drug-likeness (QED) is 0.372. The van der Waals surface area contributed by atoms with Crippen LogP contribution in [0.5, 0.6) is 5.75 Å². The Kier molecular flexibility index (Phi) is 7.22. The second kappa shape index (κ2) is 9.20. The summed E-state index contributed by atoms with van der Waals surface area (Å²) in [6.45, 7) is 5.25. The summed E-state index contributed by atoms with van der Waals surface area (Å²) in [6, 6.07) is 6.43. The highest BCUT2D eigenvalue weighted by molar-refractivity contribution is 8.01. The van der Waals surface area contributed by atoms with E-state index in [0.29, 0.717) is 22.3 Å². The smallest absolute Gasteiger partial charge is 0.266 e. The third-order valence-electron chi connectivity index (χ3n) is 3.34. The second-order valence-electron chi connectivity index (χ2n) is 5.45. The Morgan fingerprint density at radius 3 is 2.67 bits per heavy atom. The molecule has 0 unspecified atom stereocenters. The maximum atomic E-state index is 12.2. The van der Waals surface area contributed by atoms with Crippen molar-refractivity contribution in [3.8, 4) is 5.75 Å². The Balaban J connectivity index is 1.94.